The molecule has 0 aromatic heterocycles. The van der Waals surface area contributed by atoms with E-state index in [0.717, 1.165) is 0 Å². The summed E-state index contributed by atoms with van der Waals surface area (Å²) in [5, 5.41) is 7.73. The van der Waals surface area contributed by atoms with Crippen molar-refractivity contribution >= 4 is 0 Å². The van der Waals surface area contributed by atoms with E-state index in [9.17, 15) is 0 Å². The third-order valence-corrected chi connectivity index (χ3v) is 0.264. The predicted octanol–water partition coefficient (Wildman–Crippen LogP) is 0.245. The number of hydrogen-bond donors (Lipinski definition) is 1. The molecule has 0 saturated heterocycles. The quantitative estimate of drug-likeness (QED) is 0.235. The largest absolute Gasteiger partial charge is 0.460 e. The van der Waals surface area contributed by atoms with Gasteiger partial charge in [0.15, 0.2) is 6.11 Å². The highest BCUT2D eigenvalue weighted by Crippen LogP contribution is 1.69. The normalized spacial score (nSPS) is 6.43. The Labute approximate surface area is 41.8 Å². The maximum Gasteiger partial charge on any atom is 0.200 e. The van der Waals surface area contributed by atoms with Crippen LogP contribution in [0.15, 0.2) is 0 Å². The van der Waals surface area contributed by atoms with Crippen LogP contribution in [-0.2, 0) is 9.78 Å². The summed E-state index contributed by atoms with van der Waals surface area (Å²) in [6.07, 6.45) is 3.34. The fourth-order valence-corrected chi connectivity index (χ4v) is 0.107. The highest BCUT2D eigenvalue weighted by atomic mass is 17.2. The molecule has 0 saturated carbocycles. The Kier molecular flexibility index (Phi) is 4.48. The van der Waals surface area contributed by atoms with Gasteiger partial charge in [-0.25, -0.2) is 0 Å². The molecule has 0 aromatic rings. The molecule has 3 heteroatoms. The monoisotopic (exact) mass is 102 g/mol. The van der Waals surface area contributed by atoms with E-state index in [1.807, 2.05) is 6.11 Å². The zero-order valence-corrected chi connectivity index (χ0v) is 3.97. The maximum absolute atomic E-state index is 7.73. The first kappa shape index (κ1) is 6.12. The van der Waals surface area contributed by atoms with Crippen LogP contribution in [0.5, 0.6) is 0 Å². The Balaban J connectivity index is 2.78. The zero-order valence-electron chi connectivity index (χ0n) is 3.97. The minimum atomic E-state index is 0.425. The topological polar surface area (TPSA) is 38.7 Å². The number of aliphatic hydroxyl groups excluding tert-OH is 1. The van der Waals surface area contributed by atoms with Crippen molar-refractivity contribution in [1.29, 1.82) is 0 Å². The molecule has 0 fully saturated rings. The summed E-state index contributed by atoms with van der Waals surface area (Å²) in [4.78, 5) is 8.26. The van der Waals surface area contributed by atoms with Gasteiger partial charge < -0.3 is 5.11 Å². The number of aliphatic hydroxyl groups is 1. The van der Waals surface area contributed by atoms with Crippen LogP contribution in [0.3, 0.4) is 0 Å². The summed E-state index contributed by atoms with van der Waals surface area (Å²) >= 11 is 0. The molecule has 0 aliphatic rings. The Morgan fingerprint density at radius 3 is 2.86 bits per heavy atom. The average molecular weight is 102 g/mol. The third-order valence-electron chi connectivity index (χ3n) is 0.264. The molecule has 1 N–H and O–H groups in total. The van der Waals surface area contributed by atoms with Gasteiger partial charge in [0.1, 0.15) is 0 Å². The Morgan fingerprint density at radius 1 is 1.71 bits per heavy atom. The van der Waals surface area contributed by atoms with Gasteiger partial charge in [0.05, 0.1) is 6.61 Å². The van der Waals surface area contributed by atoms with Crippen molar-refractivity contribution in [2.75, 3.05) is 6.61 Å². The molecule has 0 radical (unpaired) electrons. The van der Waals surface area contributed by atoms with Crippen molar-refractivity contribution in [3.8, 4) is 12.2 Å². The van der Waals surface area contributed by atoms with Gasteiger partial charge in [-0.1, -0.05) is 0 Å². The van der Waals surface area contributed by atoms with E-state index in [1.165, 1.54) is 6.11 Å². The van der Waals surface area contributed by atoms with Crippen molar-refractivity contribution < 1.29 is 14.9 Å². The Hall–Kier alpha value is -0.880. The van der Waals surface area contributed by atoms with Crippen molar-refractivity contribution in [3.05, 3.63) is 0 Å². The highest BCUT2D eigenvalue weighted by molar-refractivity contribution is 4.74. The maximum atomic E-state index is 7.73. The van der Waals surface area contributed by atoms with Crippen molar-refractivity contribution in [3.63, 3.8) is 0 Å². The van der Waals surface area contributed by atoms with Gasteiger partial charge in [0.25, 0.3) is 0 Å². The number of hydrogen-bond acceptors (Lipinski definition) is 3. The van der Waals surface area contributed by atoms with Gasteiger partial charge in [0, 0.05) is 0 Å². The predicted molar refractivity (Wildman–Crippen MR) is 22.4 cm³/mol. The first-order valence-corrected chi connectivity index (χ1v) is 1.84. The van der Waals surface area contributed by atoms with E-state index >= 15 is 0 Å². The van der Waals surface area contributed by atoms with Gasteiger partial charge in [-0.3, -0.25) is 4.89 Å². The zero-order chi connectivity index (χ0) is 5.54. The molecule has 0 rings (SSSR count). The highest BCUT2D eigenvalue weighted by Gasteiger charge is 1.69. The van der Waals surface area contributed by atoms with Crippen LogP contribution in [-0.4, -0.2) is 11.7 Å². The van der Waals surface area contributed by atoms with Crippen LogP contribution in [0.1, 0.15) is 6.92 Å². The van der Waals surface area contributed by atoms with Crippen LogP contribution in [0.2, 0.25) is 0 Å². The molecule has 0 heterocycles. The van der Waals surface area contributed by atoms with Crippen LogP contribution in [0.4, 0.5) is 0 Å². The molecule has 3 nitrogen and oxygen atoms in total. The van der Waals surface area contributed by atoms with Gasteiger partial charge in [0.2, 0.25) is 6.11 Å². The summed E-state index contributed by atoms with van der Waals surface area (Å²) in [6.45, 7) is 2.17. The molecule has 0 aromatic carbocycles. The second-order valence-electron chi connectivity index (χ2n) is 0.704. The molecule has 40 valence electrons. The lowest BCUT2D eigenvalue weighted by molar-refractivity contribution is -0.232. The van der Waals surface area contributed by atoms with E-state index in [0.29, 0.717) is 6.61 Å². The second-order valence-corrected chi connectivity index (χ2v) is 0.704. The van der Waals surface area contributed by atoms with E-state index in [1.54, 1.807) is 6.92 Å². The summed E-state index contributed by atoms with van der Waals surface area (Å²) in [5.41, 5.74) is 0. The molecule has 0 aliphatic heterocycles. The van der Waals surface area contributed by atoms with Crippen molar-refractivity contribution in [2.45, 2.75) is 6.92 Å². The lowest BCUT2D eigenvalue weighted by Crippen LogP contribution is -1.84. The average Bonchev–Trinajstić information content (AvgIpc) is 1.69. The summed E-state index contributed by atoms with van der Waals surface area (Å²) in [5.74, 6) is 0. The van der Waals surface area contributed by atoms with Gasteiger partial charge in [-0.05, 0) is 6.92 Å². The van der Waals surface area contributed by atoms with E-state index in [-0.39, 0.29) is 0 Å². The first-order chi connectivity index (χ1) is 3.41. The van der Waals surface area contributed by atoms with E-state index < -0.39 is 0 Å². The lowest BCUT2D eigenvalue weighted by Gasteiger charge is -1.86. The molecule has 0 amide bonds. The molecule has 0 aliphatic carbocycles. The van der Waals surface area contributed by atoms with E-state index in [4.69, 9.17) is 5.11 Å². The van der Waals surface area contributed by atoms with Gasteiger partial charge in [-0.15, -0.1) is 0 Å². The van der Waals surface area contributed by atoms with Crippen LogP contribution >= 0.6 is 0 Å². The SMILES string of the molecule is CCOOC#CO. The van der Waals surface area contributed by atoms with Gasteiger partial charge >= 0.3 is 0 Å². The molecular formula is C4H6O3. The van der Waals surface area contributed by atoms with Crippen molar-refractivity contribution in [1.82, 2.24) is 0 Å². The summed E-state index contributed by atoms with van der Waals surface area (Å²) in [6, 6.07) is 0. The first-order valence-electron chi connectivity index (χ1n) is 1.84. The molecule has 0 spiro atoms. The second kappa shape index (κ2) is 5.12. The lowest BCUT2D eigenvalue weighted by atomic mass is 10.9. The number of rotatable bonds is 2. The smallest absolute Gasteiger partial charge is 0.200 e. The minimum Gasteiger partial charge on any atom is -0.460 e. The summed E-state index contributed by atoms with van der Waals surface area (Å²) in [7, 11) is 0. The standard InChI is InChI=1S/C4H6O3/c1-2-6-7-4-3-5/h5H,2H2,1H3. The van der Waals surface area contributed by atoms with Crippen LogP contribution in [0, 0.1) is 12.2 Å². The van der Waals surface area contributed by atoms with Crippen LogP contribution < -0.4 is 0 Å². The Morgan fingerprint density at radius 2 is 2.43 bits per heavy atom. The fraction of sp³-hybridized carbons (Fsp3) is 0.500. The fourth-order valence-electron chi connectivity index (χ4n) is 0.107. The summed E-state index contributed by atoms with van der Waals surface area (Å²) < 4.78 is 0. The molecule has 7 heavy (non-hydrogen) atoms. The van der Waals surface area contributed by atoms with Gasteiger partial charge in [-0.2, -0.15) is 4.89 Å². The molecular weight excluding hydrogens is 96.0 g/mol. The molecule has 0 bridgehead atoms. The Bertz CT molecular complexity index is 78.7. The van der Waals surface area contributed by atoms with Crippen molar-refractivity contribution in [2.24, 2.45) is 0 Å². The van der Waals surface area contributed by atoms with Crippen LogP contribution in [0.25, 0.3) is 0 Å². The molecule has 0 atom stereocenters. The minimum absolute atomic E-state index is 0.425. The molecule has 0 unspecified atom stereocenters. The third kappa shape index (κ3) is 5.12. The van der Waals surface area contributed by atoms with E-state index in [2.05, 4.69) is 9.78 Å².